The van der Waals surface area contributed by atoms with Crippen molar-refractivity contribution >= 4 is 39.6 Å². The molecule has 1 heterocycles. The van der Waals surface area contributed by atoms with Gasteiger partial charge in [0, 0.05) is 17.1 Å². The molecule has 0 atom stereocenters. The fourth-order valence-corrected chi connectivity index (χ4v) is 3.56. The van der Waals surface area contributed by atoms with Gasteiger partial charge in [-0.05, 0) is 38.1 Å². The summed E-state index contributed by atoms with van der Waals surface area (Å²) in [4.78, 5) is 43.1. The van der Waals surface area contributed by atoms with Crippen LogP contribution in [0.3, 0.4) is 0 Å². The fourth-order valence-electron chi connectivity index (χ4n) is 2.48. The average Bonchev–Trinajstić information content (AvgIpc) is 2.69. The van der Waals surface area contributed by atoms with Crippen molar-refractivity contribution in [3.8, 4) is 0 Å². The van der Waals surface area contributed by atoms with Crippen molar-refractivity contribution in [1.29, 1.82) is 0 Å². The number of carbonyl (C=O) groups excluding carboxylic acids is 3. The molecule has 0 aliphatic carbocycles. The lowest BCUT2D eigenvalue weighted by atomic mass is 10.2. The molecule has 1 aromatic heterocycles. The quantitative estimate of drug-likeness (QED) is 0.516. The average molecular weight is 451 g/mol. The Bertz CT molecular complexity index is 1100. The molecule has 13 heteroatoms. The number of aryl methyl sites for hydroxylation is 2. The van der Waals surface area contributed by atoms with Gasteiger partial charge in [0.15, 0.2) is 0 Å². The van der Waals surface area contributed by atoms with Crippen molar-refractivity contribution in [2.24, 2.45) is 0 Å². The van der Waals surface area contributed by atoms with Gasteiger partial charge in [0.25, 0.3) is 10.0 Å². The van der Waals surface area contributed by atoms with Gasteiger partial charge in [-0.1, -0.05) is 0 Å². The van der Waals surface area contributed by atoms with Crippen LogP contribution in [0, 0.1) is 13.8 Å². The standard InChI is InChI=1S/C18H21N5O7S/c1-10-7-11(2)21-17(20-10)22-18(26)23-31(27,28)14-6-5-12(19-9-15(24)29-3)8-13(14)16(25)30-4/h5-8,19H,9H2,1-4H3,(H2,20,21,22,23,26). The molecule has 2 aromatic rings. The second-order valence-corrected chi connectivity index (χ2v) is 7.82. The lowest BCUT2D eigenvalue weighted by Crippen LogP contribution is -2.35. The molecule has 0 aliphatic rings. The number of urea groups is 1. The van der Waals surface area contributed by atoms with Crippen molar-refractivity contribution in [2.45, 2.75) is 18.7 Å². The fraction of sp³-hybridized carbons (Fsp3) is 0.278. The summed E-state index contributed by atoms with van der Waals surface area (Å²) < 4.78 is 36.4. The number of sulfonamides is 1. The number of hydrogen-bond acceptors (Lipinski definition) is 10. The minimum absolute atomic E-state index is 0.0826. The smallest absolute Gasteiger partial charge is 0.339 e. The molecular weight excluding hydrogens is 430 g/mol. The van der Waals surface area contributed by atoms with Gasteiger partial charge in [-0.15, -0.1) is 0 Å². The molecule has 2 amide bonds. The number of benzene rings is 1. The molecule has 12 nitrogen and oxygen atoms in total. The van der Waals surface area contributed by atoms with E-state index in [9.17, 15) is 22.8 Å². The van der Waals surface area contributed by atoms with Crippen molar-refractivity contribution in [1.82, 2.24) is 14.7 Å². The van der Waals surface area contributed by atoms with Crippen LogP contribution in [0.1, 0.15) is 21.7 Å². The molecule has 3 N–H and O–H groups in total. The number of esters is 2. The molecule has 2 rings (SSSR count). The molecule has 0 saturated heterocycles. The van der Waals surface area contributed by atoms with Crippen LogP contribution in [0.4, 0.5) is 16.4 Å². The summed E-state index contributed by atoms with van der Waals surface area (Å²) in [7, 11) is -2.19. The van der Waals surface area contributed by atoms with E-state index in [0.717, 1.165) is 13.2 Å². The van der Waals surface area contributed by atoms with E-state index in [0.29, 0.717) is 11.4 Å². The molecule has 31 heavy (non-hydrogen) atoms. The van der Waals surface area contributed by atoms with Gasteiger partial charge in [0.2, 0.25) is 5.95 Å². The molecule has 1 aromatic carbocycles. The van der Waals surface area contributed by atoms with Crippen LogP contribution in [0.2, 0.25) is 0 Å². The van der Waals surface area contributed by atoms with Gasteiger partial charge < -0.3 is 14.8 Å². The van der Waals surface area contributed by atoms with Gasteiger partial charge in [0.1, 0.15) is 11.4 Å². The van der Waals surface area contributed by atoms with Crippen LogP contribution in [-0.2, 0) is 24.3 Å². The van der Waals surface area contributed by atoms with E-state index in [1.165, 1.54) is 19.2 Å². The van der Waals surface area contributed by atoms with E-state index in [-0.39, 0.29) is 23.7 Å². The normalized spacial score (nSPS) is 10.7. The lowest BCUT2D eigenvalue weighted by molar-refractivity contribution is -0.138. The van der Waals surface area contributed by atoms with Crippen LogP contribution in [-0.4, -0.2) is 57.1 Å². The van der Waals surface area contributed by atoms with Gasteiger partial charge in [-0.2, -0.15) is 0 Å². The van der Waals surface area contributed by atoms with E-state index in [1.807, 2.05) is 0 Å². The second-order valence-electron chi connectivity index (χ2n) is 6.17. The van der Waals surface area contributed by atoms with Crippen molar-refractivity contribution < 1.29 is 32.3 Å². The number of hydrogen-bond donors (Lipinski definition) is 3. The Labute approximate surface area is 178 Å². The highest BCUT2D eigenvalue weighted by atomic mass is 32.2. The van der Waals surface area contributed by atoms with Gasteiger partial charge in [0.05, 0.1) is 19.8 Å². The van der Waals surface area contributed by atoms with Crippen LogP contribution in [0.5, 0.6) is 0 Å². The summed E-state index contributed by atoms with van der Waals surface area (Å²) in [5.74, 6) is -1.61. The Kier molecular flexibility index (Phi) is 7.47. The Hall–Kier alpha value is -3.74. The minimum Gasteiger partial charge on any atom is -0.468 e. The highest BCUT2D eigenvalue weighted by molar-refractivity contribution is 7.90. The summed E-state index contributed by atoms with van der Waals surface area (Å²) in [6, 6.07) is 4.14. The molecule has 0 saturated carbocycles. The van der Waals surface area contributed by atoms with Crippen LogP contribution in [0.15, 0.2) is 29.2 Å². The zero-order valence-electron chi connectivity index (χ0n) is 17.2. The number of nitrogens with zero attached hydrogens (tertiary/aromatic N) is 2. The summed E-state index contributed by atoms with van der Waals surface area (Å²) in [6.07, 6.45) is 0. The minimum atomic E-state index is -4.48. The second kappa shape index (κ2) is 9.84. The molecule has 0 aliphatic heterocycles. The summed E-state index contributed by atoms with van der Waals surface area (Å²) in [5.41, 5.74) is 1.07. The van der Waals surface area contributed by atoms with Crippen molar-refractivity contribution in [2.75, 3.05) is 31.4 Å². The lowest BCUT2D eigenvalue weighted by Gasteiger charge is -2.13. The van der Waals surface area contributed by atoms with E-state index in [1.54, 1.807) is 24.6 Å². The van der Waals surface area contributed by atoms with E-state index in [4.69, 9.17) is 0 Å². The third-order valence-electron chi connectivity index (χ3n) is 3.77. The number of nitrogens with one attached hydrogen (secondary N) is 3. The highest BCUT2D eigenvalue weighted by Gasteiger charge is 2.26. The zero-order chi connectivity index (χ0) is 23.2. The van der Waals surface area contributed by atoms with Gasteiger partial charge in [-0.25, -0.2) is 32.7 Å². The number of carbonyl (C=O) groups is 3. The molecule has 166 valence electrons. The van der Waals surface area contributed by atoms with Crippen LogP contribution >= 0.6 is 0 Å². The molecule has 0 fully saturated rings. The number of amides is 2. The molecule has 0 unspecified atom stereocenters. The number of ether oxygens (including phenoxy) is 2. The van der Waals surface area contributed by atoms with Crippen LogP contribution < -0.4 is 15.4 Å². The maximum atomic E-state index is 12.7. The van der Waals surface area contributed by atoms with E-state index >= 15 is 0 Å². The van der Waals surface area contributed by atoms with Crippen molar-refractivity contribution in [3.63, 3.8) is 0 Å². The Morgan fingerprint density at radius 2 is 1.65 bits per heavy atom. The predicted molar refractivity (Wildman–Crippen MR) is 109 cm³/mol. The number of rotatable bonds is 7. The van der Waals surface area contributed by atoms with Gasteiger partial charge in [-0.3, -0.25) is 10.1 Å². The highest BCUT2D eigenvalue weighted by Crippen LogP contribution is 2.21. The SMILES string of the molecule is COC(=O)CNc1ccc(S(=O)(=O)NC(=O)Nc2nc(C)cc(C)n2)c(C(=O)OC)c1. The first-order chi connectivity index (χ1) is 14.6. The molecule has 0 bridgehead atoms. The Morgan fingerprint density at radius 3 is 2.23 bits per heavy atom. The molecule has 0 spiro atoms. The van der Waals surface area contributed by atoms with E-state index < -0.39 is 32.9 Å². The maximum Gasteiger partial charge on any atom is 0.339 e. The summed E-state index contributed by atoms with van der Waals surface area (Å²) in [6.45, 7) is 3.17. The topological polar surface area (TPSA) is 166 Å². The number of methoxy groups -OCH3 is 2. The first kappa shape index (κ1) is 23.5. The maximum absolute atomic E-state index is 12.7. The van der Waals surface area contributed by atoms with Crippen molar-refractivity contribution in [3.05, 3.63) is 41.2 Å². The first-order valence-electron chi connectivity index (χ1n) is 8.75. The predicted octanol–water partition coefficient (Wildman–Crippen LogP) is 0.975. The third-order valence-corrected chi connectivity index (χ3v) is 5.16. The molecule has 0 radical (unpaired) electrons. The summed E-state index contributed by atoms with van der Waals surface area (Å²) >= 11 is 0. The largest absolute Gasteiger partial charge is 0.468 e. The third kappa shape index (κ3) is 6.37. The molecular formula is C18H21N5O7S. The first-order valence-corrected chi connectivity index (χ1v) is 10.2. The number of aromatic nitrogens is 2. The van der Waals surface area contributed by atoms with Gasteiger partial charge >= 0.3 is 18.0 Å². The Morgan fingerprint density at radius 1 is 1.00 bits per heavy atom. The van der Waals surface area contributed by atoms with E-state index in [2.05, 4.69) is 30.1 Å². The van der Waals surface area contributed by atoms with Crippen LogP contribution in [0.25, 0.3) is 0 Å². The monoisotopic (exact) mass is 451 g/mol. The summed E-state index contributed by atoms with van der Waals surface area (Å²) in [5, 5.41) is 4.92. The number of anilines is 2. The Balaban J connectivity index is 2.27. The zero-order valence-corrected chi connectivity index (χ0v) is 18.0.